The van der Waals surface area contributed by atoms with Gasteiger partial charge < -0.3 is 15.3 Å². The van der Waals surface area contributed by atoms with Crippen molar-refractivity contribution in [2.75, 3.05) is 26.0 Å². The molecule has 20 heavy (non-hydrogen) atoms. The third-order valence-corrected chi connectivity index (χ3v) is 3.44. The quantitative estimate of drug-likeness (QED) is 0.879. The number of likely N-dealkylation sites (N-methyl/N-ethyl adjacent to an activating group) is 1. The van der Waals surface area contributed by atoms with E-state index >= 15 is 0 Å². The molecule has 1 unspecified atom stereocenters. The van der Waals surface area contributed by atoms with E-state index in [9.17, 15) is 5.11 Å². The van der Waals surface area contributed by atoms with Crippen molar-refractivity contribution >= 4 is 16.6 Å². The normalized spacial score (nSPS) is 13.1. The summed E-state index contributed by atoms with van der Waals surface area (Å²) in [6.45, 7) is 5.34. The second-order valence-electron chi connectivity index (χ2n) is 5.82. The average Bonchev–Trinajstić information content (AvgIpc) is 2.38. The molecule has 2 N–H and O–H groups in total. The van der Waals surface area contributed by atoms with Gasteiger partial charge in [0.1, 0.15) is 11.6 Å². The number of phenolic OH excluding ortho intramolecular Hbond substituents is 1. The standard InChI is InChI=1S/C16H23N3O/c1-11(2)15(10-19(3)4)18-16-14-9-13(20)6-5-12(14)7-8-17-16/h5-9,11,15,20H,10H2,1-4H3,(H,17,18). The largest absolute Gasteiger partial charge is 0.508 e. The number of anilines is 1. The fraction of sp³-hybridized carbons (Fsp3) is 0.438. The number of aromatic hydroxyl groups is 1. The van der Waals surface area contributed by atoms with Gasteiger partial charge in [-0.3, -0.25) is 0 Å². The van der Waals surface area contributed by atoms with Gasteiger partial charge in [-0.1, -0.05) is 19.9 Å². The van der Waals surface area contributed by atoms with Crippen LogP contribution in [0.4, 0.5) is 5.82 Å². The molecular weight excluding hydrogens is 250 g/mol. The average molecular weight is 273 g/mol. The first kappa shape index (κ1) is 14.6. The van der Waals surface area contributed by atoms with Crippen LogP contribution in [0.1, 0.15) is 13.8 Å². The molecule has 1 aromatic heterocycles. The van der Waals surface area contributed by atoms with Crippen LogP contribution in [-0.2, 0) is 0 Å². The lowest BCUT2D eigenvalue weighted by Crippen LogP contribution is -2.36. The highest BCUT2D eigenvalue weighted by molar-refractivity contribution is 5.92. The van der Waals surface area contributed by atoms with Crippen LogP contribution in [0.2, 0.25) is 0 Å². The topological polar surface area (TPSA) is 48.4 Å². The molecule has 0 amide bonds. The van der Waals surface area contributed by atoms with Crippen molar-refractivity contribution < 1.29 is 5.11 Å². The van der Waals surface area contributed by atoms with Gasteiger partial charge in [-0.25, -0.2) is 4.98 Å². The fourth-order valence-corrected chi connectivity index (χ4v) is 2.26. The molecule has 4 heteroatoms. The Morgan fingerprint density at radius 3 is 2.65 bits per heavy atom. The lowest BCUT2D eigenvalue weighted by Gasteiger charge is -2.26. The molecule has 1 atom stereocenters. The van der Waals surface area contributed by atoms with Crippen molar-refractivity contribution in [3.8, 4) is 5.75 Å². The van der Waals surface area contributed by atoms with E-state index in [0.29, 0.717) is 12.0 Å². The van der Waals surface area contributed by atoms with E-state index < -0.39 is 0 Å². The van der Waals surface area contributed by atoms with Crippen molar-refractivity contribution in [3.05, 3.63) is 30.5 Å². The van der Waals surface area contributed by atoms with Gasteiger partial charge in [-0.15, -0.1) is 0 Å². The fourth-order valence-electron chi connectivity index (χ4n) is 2.26. The maximum Gasteiger partial charge on any atom is 0.134 e. The smallest absolute Gasteiger partial charge is 0.134 e. The molecule has 0 spiro atoms. The Balaban J connectivity index is 2.34. The lowest BCUT2D eigenvalue weighted by atomic mass is 10.0. The van der Waals surface area contributed by atoms with Gasteiger partial charge in [0.05, 0.1) is 0 Å². The first-order chi connectivity index (χ1) is 9.47. The number of benzene rings is 1. The molecule has 2 rings (SSSR count). The molecule has 1 aromatic carbocycles. The minimum Gasteiger partial charge on any atom is -0.508 e. The van der Waals surface area contributed by atoms with Crippen molar-refractivity contribution in [1.82, 2.24) is 9.88 Å². The zero-order valence-electron chi connectivity index (χ0n) is 12.6. The Kier molecular flexibility index (Phi) is 4.45. The number of aromatic nitrogens is 1. The highest BCUT2D eigenvalue weighted by Gasteiger charge is 2.16. The summed E-state index contributed by atoms with van der Waals surface area (Å²) in [5.41, 5.74) is 0. The van der Waals surface area contributed by atoms with Gasteiger partial charge in [0.25, 0.3) is 0 Å². The Bertz CT molecular complexity index is 581. The molecule has 0 aliphatic rings. The van der Waals surface area contributed by atoms with Crippen LogP contribution in [0, 0.1) is 5.92 Å². The zero-order chi connectivity index (χ0) is 14.7. The van der Waals surface area contributed by atoms with E-state index in [2.05, 4.69) is 43.1 Å². The number of nitrogens with one attached hydrogen (secondary N) is 1. The number of rotatable bonds is 5. The summed E-state index contributed by atoms with van der Waals surface area (Å²) in [6.07, 6.45) is 1.80. The van der Waals surface area contributed by atoms with E-state index in [1.165, 1.54) is 0 Å². The summed E-state index contributed by atoms with van der Waals surface area (Å²) < 4.78 is 0. The van der Waals surface area contributed by atoms with Gasteiger partial charge in [-0.2, -0.15) is 0 Å². The van der Waals surface area contributed by atoms with Crippen molar-refractivity contribution in [2.24, 2.45) is 5.92 Å². The summed E-state index contributed by atoms with van der Waals surface area (Å²) >= 11 is 0. The minimum atomic E-state index is 0.266. The molecule has 0 bridgehead atoms. The molecule has 0 radical (unpaired) electrons. The van der Waals surface area contributed by atoms with Crippen LogP contribution in [0.3, 0.4) is 0 Å². The highest BCUT2D eigenvalue weighted by atomic mass is 16.3. The Morgan fingerprint density at radius 1 is 1.25 bits per heavy atom. The first-order valence-electron chi connectivity index (χ1n) is 6.96. The summed E-state index contributed by atoms with van der Waals surface area (Å²) in [7, 11) is 4.14. The van der Waals surface area contributed by atoms with Crippen LogP contribution in [0.5, 0.6) is 5.75 Å². The SMILES string of the molecule is CC(C)C(CN(C)C)Nc1nccc2ccc(O)cc12. The van der Waals surface area contributed by atoms with E-state index in [4.69, 9.17) is 0 Å². The third kappa shape index (κ3) is 3.39. The molecule has 0 saturated carbocycles. The zero-order valence-corrected chi connectivity index (χ0v) is 12.6. The van der Waals surface area contributed by atoms with Gasteiger partial charge in [0, 0.05) is 24.2 Å². The van der Waals surface area contributed by atoms with Crippen molar-refractivity contribution in [2.45, 2.75) is 19.9 Å². The number of phenols is 1. The van der Waals surface area contributed by atoms with Crippen LogP contribution in [0.15, 0.2) is 30.5 Å². The molecule has 108 valence electrons. The molecule has 2 aromatic rings. The Morgan fingerprint density at radius 2 is 2.00 bits per heavy atom. The molecule has 0 saturated heterocycles. The Hall–Kier alpha value is -1.81. The first-order valence-corrected chi connectivity index (χ1v) is 6.96. The predicted octanol–water partition coefficient (Wildman–Crippen LogP) is 2.94. The van der Waals surface area contributed by atoms with Crippen LogP contribution in [-0.4, -0.2) is 41.7 Å². The summed E-state index contributed by atoms with van der Waals surface area (Å²) in [5, 5.41) is 15.2. The van der Waals surface area contributed by atoms with Crippen molar-refractivity contribution in [3.63, 3.8) is 0 Å². The second-order valence-corrected chi connectivity index (χ2v) is 5.82. The summed E-state index contributed by atoms with van der Waals surface area (Å²) in [4.78, 5) is 6.60. The van der Waals surface area contributed by atoms with Crippen LogP contribution < -0.4 is 5.32 Å². The van der Waals surface area contributed by atoms with E-state index in [1.54, 1.807) is 18.3 Å². The Labute approximate surface area is 120 Å². The molecule has 1 heterocycles. The monoisotopic (exact) mass is 273 g/mol. The number of nitrogens with zero attached hydrogens (tertiary/aromatic N) is 2. The van der Waals surface area contributed by atoms with Crippen molar-refractivity contribution in [1.29, 1.82) is 0 Å². The van der Waals surface area contributed by atoms with E-state index in [0.717, 1.165) is 23.1 Å². The second kappa shape index (κ2) is 6.09. The highest BCUT2D eigenvalue weighted by Crippen LogP contribution is 2.26. The van der Waals surface area contributed by atoms with Gasteiger partial charge in [-0.05, 0) is 43.6 Å². The third-order valence-electron chi connectivity index (χ3n) is 3.44. The molecule has 0 aliphatic carbocycles. The minimum absolute atomic E-state index is 0.266. The van der Waals surface area contributed by atoms with E-state index in [1.807, 2.05) is 12.1 Å². The number of hydrogen-bond acceptors (Lipinski definition) is 4. The van der Waals surface area contributed by atoms with Gasteiger partial charge in [0.15, 0.2) is 0 Å². The van der Waals surface area contributed by atoms with Gasteiger partial charge in [0.2, 0.25) is 0 Å². The maximum absolute atomic E-state index is 9.68. The van der Waals surface area contributed by atoms with Crippen LogP contribution in [0.25, 0.3) is 10.8 Å². The number of fused-ring (bicyclic) bond motifs is 1. The molecule has 0 fully saturated rings. The van der Waals surface area contributed by atoms with Crippen LogP contribution >= 0.6 is 0 Å². The summed E-state index contributed by atoms with van der Waals surface area (Å²) in [6, 6.07) is 7.64. The molecular formula is C16H23N3O. The maximum atomic E-state index is 9.68. The number of pyridine rings is 1. The molecule has 4 nitrogen and oxygen atoms in total. The summed E-state index contributed by atoms with van der Waals surface area (Å²) in [5.74, 6) is 1.59. The number of hydrogen-bond donors (Lipinski definition) is 2. The lowest BCUT2D eigenvalue weighted by molar-refractivity contribution is 0.344. The predicted molar refractivity (Wildman–Crippen MR) is 84.2 cm³/mol. The molecule has 0 aliphatic heterocycles. The van der Waals surface area contributed by atoms with E-state index in [-0.39, 0.29) is 5.75 Å². The van der Waals surface area contributed by atoms with Gasteiger partial charge >= 0.3 is 0 Å².